The van der Waals surface area contributed by atoms with E-state index >= 15 is 0 Å². The second-order valence-electron chi connectivity index (χ2n) is 22.2. The summed E-state index contributed by atoms with van der Waals surface area (Å²) in [6.07, 6.45) is 11.0. The Morgan fingerprint density at radius 3 is 2.27 bits per heavy atom. The molecule has 420 valence electrons. The number of aliphatic hydroxyl groups excluding tert-OH is 1. The molecule has 12 nitrogen and oxygen atoms in total. The number of phenolic OH excluding ortho intramolecular Hbond substituents is 1. The molecule has 8 atom stereocenters. The number of amides is 1. The van der Waals surface area contributed by atoms with Crippen LogP contribution in [0.4, 0.5) is 5.69 Å². The molecule has 1 unspecified atom stereocenters. The van der Waals surface area contributed by atoms with Gasteiger partial charge in [0.05, 0.1) is 51.1 Å². The van der Waals surface area contributed by atoms with Crippen molar-refractivity contribution in [3.05, 3.63) is 141 Å². The van der Waals surface area contributed by atoms with Gasteiger partial charge in [-0.2, -0.15) is 5.26 Å². The molecule has 0 bridgehead atoms. The molecule has 2 aliphatic carbocycles. The number of aromatic hydroxyl groups is 1. The number of hydrogen-bond donors (Lipinski definition) is 4. The molecular weight excluding hydrogens is 1260 g/mol. The van der Waals surface area contributed by atoms with Gasteiger partial charge in [-0.3, -0.25) is 19.2 Å². The normalized spacial score (nSPS) is 21.1. The molecule has 1 aliphatic heterocycles. The minimum Gasteiger partial charge on any atom is -0.506 e. The number of aliphatic carboxylic acids is 1. The van der Waals surface area contributed by atoms with E-state index in [1.54, 1.807) is 62.4 Å². The van der Waals surface area contributed by atoms with Gasteiger partial charge in [-0.25, -0.2) is 0 Å². The van der Waals surface area contributed by atoms with Crippen molar-refractivity contribution < 1.29 is 48.7 Å². The van der Waals surface area contributed by atoms with Crippen molar-refractivity contribution in [2.45, 2.75) is 145 Å². The summed E-state index contributed by atoms with van der Waals surface area (Å²) < 4.78 is 18.8. The molecule has 4 aromatic rings. The van der Waals surface area contributed by atoms with Crippen LogP contribution in [0.1, 0.15) is 144 Å². The SMILES string of the molecule is CCC(C)(C)C(=O)O[C@H]1C[C@@H](C)C=C2C=C[C@H](C)[C@H](CC[C@@H]3C[C@@H](O)CC(=O)O3)[C@H]21.Cc1cc(C(C#N)c2ccc(Cl)cc2)c(Cl)cc1NC(=O)c1cc(I)cc(I)c1O.Cc1ccc(C)c(OCCCC(C)(C)C(=O)O)c1. The number of nitriles is 1. The minimum absolute atomic E-state index is 0.0684. The average molecular weight is 1330 g/mol. The number of hydrogen-bond acceptors (Lipinski definition) is 10. The van der Waals surface area contributed by atoms with Gasteiger partial charge in [0.25, 0.3) is 5.91 Å². The van der Waals surface area contributed by atoms with E-state index in [0.717, 1.165) is 58.1 Å². The van der Waals surface area contributed by atoms with E-state index in [0.29, 0.717) is 62.1 Å². The molecule has 4 N–H and O–H groups in total. The van der Waals surface area contributed by atoms with Gasteiger partial charge in [-0.05, 0) is 220 Å². The molecule has 0 radical (unpaired) electrons. The third-order valence-electron chi connectivity index (χ3n) is 15.0. The fourth-order valence-electron chi connectivity index (χ4n) is 9.71. The molecule has 3 aliphatic rings. The molecule has 78 heavy (non-hydrogen) atoms. The number of allylic oxidation sites excluding steroid dienone is 3. The van der Waals surface area contributed by atoms with E-state index in [-0.39, 0.29) is 47.8 Å². The predicted octanol–water partition coefficient (Wildman–Crippen LogP) is 15.3. The Kier molecular flexibility index (Phi) is 23.6. The Morgan fingerprint density at radius 1 is 0.936 bits per heavy atom. The molecule has 0 aromatic heterocycles. The highest BCUT2D eigenvalue weighted by Gasteiger charge is 2.43. The topological polar surface area (TPSA) is 192 Å². The van der Waals surface area contributed by atoms with Gasteiger partial charge in [-0.1, -0.05) is 92.5 Å². The maximum Gasteiger partial charge on any atom is 0.311 e. The first kappa shape index (κ1) is 64.2. The number of anilines is 1. The van der Waals surface area contributed by atoms with Gasteiger partial charge in [0.15, 0.2) is 0 Å². The lowest BCUT2D eigenvalue weighted by Gasteiger charge is -2.44. The molecule has 1 amide bonds. The summed E-state index contributed by atoms with van der Waals surface area (Å²) in [7, 11) is 0. The van der Waals surface area contributed by atoms with E-state index in [1.165, 1.54) is 11.1 Å². The van der Waals surface area contributed by atoms with Crippen molar-refractivity contribution >= 4 is 97.9 Å². The van der Waals surface area contributed by atoms with Crippen LogP contribution in [0.25, 0.3) is 0 Å². The van der Waals surface area contributed by atoms with Crippen LogP contribution in [0.3, 0.4) is 0 Å². The van der Waals surface area contributed by atoms with Crippen LogP contribution in [-0.2, 0) is 23.9 Å². The average Bonchev–Trinajstić information content (AvgIpc) is 3.38. The highest BCUT2D eigenvalue weighted by atomic mass is 127. The number of phenols is 1. The zero-order valence-corrected chi connectivity index (χ0v) is 52.1. The fourth-order valence-corrected chi connectivity index (χ4v) is 12.0. The van der Waals surface area contributed by atoms with Gasteiger partial charge < -0.3 is 34.8 Å². The molecule has 7 rings (SSSR count). The van der Waals surface area contributed by atoms with Crippen LogP contribution in [0, 0.1) is 73.7 Å². The standard InChI is InChI=1S/C25H38O5.C22H14Cl2I2N2O2.C15H22O3/c1-6-25(4,5)24(28)30-21-12-15(2)11-17-8-7-16(3)20(23(17)21)10-9-19-13-18(26)14-22(27)29-19;1-11-6-15(17(10-27)12-2-4-13(23)5-3-12)18(24)9-20(11)28-22(30)16-7-14(25)8-19(26)21(16)29;1-11-6-7-12(2)13(10-11)18-9-5-8-15(3,4)14(16)17/h7-8,11,15-16,18-21,23,26H,6,9-10,12-14H2,1-5H3;2-9,17,29H,1H3,(H,28,30);6-7,10H,5,8-9H2,1-4H3,(H,16,17)/t15-,16-,18+,19+,20-,21-,23-;;/m0../s1. The van der Waals surface area contributed by atoms with Crippen molar-refractivity contribution in [2.75, 3.05) is 11.9 Å². The number of cyclic esters (lactones) is 1. The van der Waals surface area contributed by atoms with Crippen molar-refractivity contribution in [3.63, 3.8) is 0 Å². The summed E-state index contributed by atoms with van der Waals surface area (Å²) in [5.74, 6) is -0.165. The molecule has 16 heteroatoms. The minimum atomic E-state index is -0.755. The smallest absolute Gasteiger partial charge is 0.311 e. The summed E-state index contributed by atoms with van der Waals surface area (Å²) in [6.45, 7) is 20.2. The summed E-state index contributed by atoms with van der Waals surface area (Å²) in [6, 6.07) is 22.2. The molecule has 0 saturated carbocycles. The molecule has 1 fully saturated rings. The third kappa shape index (κ3) is 17.7. The summed E-state index contributed by atoms with van der Waals surface area (Å²) in [5, 5.41) is 42.6. The van der Waals surface area contributed by atoms with Crippen molar-refractivity contribution in [1.82, 2.24) is 0 Å². The second-order valence-corrected chi connectivity index (χ2v) is 25.5. The first-order valence-electron chi connectivity index (χ1n) is 26.5. The van der Waals surface area contributed by atoms with Crippen LogP contribution < -0.4 is 10.1 Å². The van der Waals surface area contributed by atoms with Crippen molar-refractivity contribution in [1.29, 1.82) is 5.26 Å². The van der Waals surface area contributed by atoms with E-state index in [1.807, 2.05) is 76.3 Å². The Hall–Kier alpha value is -4.67. The molecule has 1 heterocycles. The number of esters is 2. The number of carboxylic acid groups (broad SMARTS) is 1. The Morgan fingerprint density at radius 2 is 1.63 bits per heavy atom. The molecular formula is C62H74Cl2I2N2O10. The van der Waals surface area contributed by atoms with Crippen LogP contribution in [-0.4, -0.2) is 64.1 Å². The monoisotopic (exact) mass is 1330 g/mol. The van der Waals surface area contributed by atoms with Crippen LogP contribution >= 0.6 is 68.4 Å². The van der Waals surface area contributed by atoms with Crippen LogP contribution in [0.5, 0.6) is 11.5 Å². The van der Waals surface area contributed by atoms with Gasteiger partial charge in [0.1, 0.15) is 23.7 Å². The summed E-state index contributed by atoms with van der Waals surface area (Å²) in [5.41, 5.74) is 5.24. The number of ether oxygens (including phenoxy) is 3. The van der Waals surface area contributed by atoms with Crippen molar-refractivity contribution in [2.24, 2.45) is 34.5 Å². The number of aliphatic hydroxyl groups is 1. The number of rotatable bonds is 16. The number of fused-ring (bicyclic) bond motifs is 1. The van der Waals surface area contributed by atoms with Crippen LogP contribution in [0.15, 0.2) is 90.5 Å². The van der Waals surface area contributed by atoms with Crippen LogP contribution in [0.2, 0.25) is 10.0 Å². The lowest BCUT2D eigenvalue weighted by atomic mass is 9.65. The highest BCUT2D eigenvalue weighted by Crippen LogP contribution is 2.46. The number of nitrogens with one attached hydrogen (secondary N) is 1. The number of benzene rings is 4. The maximum absolute atomic E-state index is 12.9. The third-order valence-corrected chi connectivity index (χ3v) is 17.0. The number of halogens is 4. The molecule has 4 aromatic carbocycles. The predicted molar refractivity (Wildman–Crippen MR) is 324 cm³/mol. The quantitative estimate of drug-likeness (QED) is 0.0474. The first-order valence-corrected chi connectivity index (χ1v) is 29.4. The first-order chi connectivity index (χ1) is 36.6. The van der Waals surface area contributed by atoms with E-state index < -0.39 is 34.7 Å². The fraction of sp³-hybridized carbons (Fsp3) is 0.468. The number of carbonyl (C=O) groups excluding carboxylic acids is 3. The summed E-state index contributed by atoms with van der Waals surface area (Å²) >= 11 is 16.5. The second kappa shape index (κ2) is 28.7. The lowest BCUT2D eigenvalue weighted by Crippen LogP contribution is -2.43. The number of carboxylic acids is 1. The zero-order valence-electron chi connectivity index (χ0n) is 46.2. The Bertz CT molecular complexity index is 2900. The zero-order chi connectivity index (χ0) is 57.8. The van der Waals surface area contributed by atoms with Gasteiger partial charge in [0, 0.05) is 31.6 Å². The van der Waals surface area contributed by atoms with E-state index in [4.69, 9.17) is 42.5 Å². The number of carbonyl (C=O) groups is 4. The highest BCUT2D eigenvalue weighted by molar-refractivity contribution is 14.1. The lowest BCUT2D eigenvalue weighted by molar-refractivity contribution is -0.166. The van der Waals surface area contributed by atoms with Gasteiger partial charge in [0.2, 0.25) is 0 Å². The Balaban J connectivity index is 0.000000223. The Labute approximate surface area is 498 Å². The summed E-state index contributed by atoms with van der Waals surface area (Å²) in [4.78, 5) is 48.3. The van der Waals surface area contributed by atoms with Gasteiger partial charge in [-0.15, -0.1) is 0 Å². The van der Waals surface area contributed by atoms with E-state index in [2.05, 4.69) is 72.1 Å². The van der Waals surface area contributed by atoms with Crippen molar-refractivity contribution in [3.8, 4) is 17.6 Å². The largest absolute Gasteiger partial charge is 0.506 e. The maximum atomic E-state index is 12.9. The molecule has 0 spiro atoms. The van der Waals surface area contributed by atoms with Gasteiger partial charge >= 0.3 is 17.9 Å². The number of nitrogens with zero attached hydrogens (tertiary/aromatic N) is 1. The van der Waals surface area contributed by atoms with E-state index in [9.17, 15) is 34.7 Å². The molecule has 1 saturated heterocycles. The number of aryl methyl sites for hydroxylation is 3.